The van der Waals surface area contributed by atoms with Crippen LogP contribution in [0.15, 0.2) is 42.5 Å². The molecule has 2 N–H and O–H groups in total. The molecule has 0 aliphatic heterocycles. The minimum Gasteiger partial charge on any atom is -0.494 e. The van der Waals surface area contributed by atoms with Gasteiger partial charge in [0.15, 0.2) is 16.7 Å². The standard InChI is InChI=1S/C16H16F2N2OS/c1-10(11-7-8-15(21-2)13(18)9-11)19-16(22)20-14-6-4-3-5-12(14)17/h3-10H,1-2H3,(H2,19,20,22)/t10-/m1/s1. The molecule has 0 bridgehead atoms. The molecule has 0 unspecified atom stereocenters. The smallest absolute Gasteiger partial charge is 0.171 e. The second-order valence-electron chi connectivity index (χ2n) is 4.69. The van der Waals surface area contributed by atoms with Gasteiger partial charge in [0, 0.05) is 0 Å². The molecule has 0 amide bonds. The minimum atomic E-state index is -0.443. The number of rotatable bonds is 4. The average molecular weight is 322 g/mol. The number of anilines is 1. The lowest BCUT2D eigenvalue weighted by Gasteiger charge is -2.18. The molecule has 2 aromatic carbocycles. The van der Waals surface area contributed by atoms with Gasteiger partial charge in [0.25, 0.3) is 0 Å². The van der Waals surface area contributed by atoms with E-state index in [1.54, 1.807) is 30.3 Å². The molecule has 0 aliphatic carbocycles. The van der Waals surface area contributed by atoms with Crippen LogP contribution in [0.3, 0.4) is 0 Å². The molecule has 3 nitrogen and oxygen atoms in total. The van der Waals surface area contributed by atoms with Gasteiger partial charge in [-0.1, -0.05) is 18.2 Å². The molecule has 0 aliphatic rings. The molecular formula is C16H16F2N2OS. The first-order valence-corrected chi connectivity index (χ1v) is 7.07. The lowest BCUT2D eigenvalue weighted by molar-refractivity contribution is 0.386. The zero-order valence-corrected chi connectivity index (χ0v) is 13.0. The third-order valence-electron chi connectivity index (χ3n) is 3.15. The Kier molecular flexibility index (Phi) is 5.27. The highest BCUT2D eigenvalue weighted by atomic mass is 32.1. The van der Waals surface area contributed by atoms with E-state index in [1.807, 2.05) is 6.92 Å². The SMILES string of the molecule is COc1ccc([C@@H](C)NC(=S)Nc2ccccc2F)cc1F. The van der Waals surface area contributed by atoms with Gasteiger partial charge < -0.3 is 15.4 Å². The van der Waals surface area contributed by atoms with E-state index in [0.717, 1.165) is 0 Å². The lowest BCUT2D eigenvalue weighted by Crippen LogP contribution is -2.31. The Morgan fingerprint density at radius 1 is 1.14 bits per heavy atom. The number of nitrogens with one attached hydrogen (secondary N) is 2. The Morgan fingerprint density at radius 2 is 1.86 bits per heavy atom. The van der Waals surface area contributed by atoms with E-state index >= 15 is 0 Å². The maximum Gasteiger partial charge on any atom is 0.171 e. The first kappa shape index (κ1) is 16.2. The third-order valence-corrected chi connectivity index (χ3v) is 3.37. The van der Waals surface area contributed by atoms with Crippen molar-refractivity contribution in [3.8, 4) is 5.75 Å². The van der Waals surface area contributed by atoms with Gasteiger partial charge in [0.1, 0.15) is 5.82 Å². The normalized spacial score (nSPS) is 11.6. The Balaban J connectivity index is 2.02. The monoisotopic (exact) mass is 322 g/mol. The highest BCUT2D eigenvalue weighted by Crippen LogP contribution is 2.22. The second-order valence-corrected chi connectivity index (χ2v) is 5.10. The lowest BCUT2D eigenvalue weighted by atomic mass is 10.1. The van der Waals surface area contributed by atoms with Gasteiger partial charge >= 0.3 is 0 Å². The van der Waals surface area contributed by atoms with Crippen LogP contribution >= 0.6 is 12.2 Å². The molecule has 1 atom stereocenters. The van der Waals surface area contributed by atoms with Gasteiger partial charge in [-0.05, 0) is 49.0 Å². The zero-order chi connectivity index (χ0) is 16.1. The number of hydrogen-bond donors (Lipinski definition) is 2. The topological polar surface area (TPSA) is 33.3 Å². The maximum absolute atomic E-state index is 13.7. The zero-order valence-electron chi connectivity index (χ0n) is 12.2. The highest BCUT2D eigenvalue weighted by molar-refractivity contribution is 7.80. The second kappa shape index (κ2) is 7.17. The molecule has 22 heavy (non-hydrogen) atoms. The van der Waals surface area contributed by atoms with Crippen molar-refractivity contribution in [2.75, 3.05) is 12.4 Å². The minimum absolute atomic E-state index is 0.183. The Hall–Kier alpha value is -2.21. The van der Waals surface area contributed by atoms with Crippen LogP contribution in [0, 0.1) is 11.6 Å². The number of ether oxygens (including phenoxy) is 1. The predicted octanol–water partition coefficient (Wildman–Crippen LogP) is 4.02. The number of halogens is 2. The summed E-state index contributed by atoms with van der Waals surface area (Å²) in [4.78, 5) is 0. The van der Waals surface area contributed by atoms with Crippen molar-refractivity contribution in [2.24, 2.45) is 0 Å². The van der Waals surface area contributed by atoms with Crippen molar-refractivity contribution < 1.29 is 13.5 Å². The molecule has 0 saturated carbocycles. The quantitative estimate of drug-likeness (QED) is 0.833. The van der Waals surface area contributed by atoms with Crippen LogP contribution in [0.1, 0.15) is 18.5 Å². The van der Waals surface area contributed by atoms with Gasteiger partial charge in [-0.15, -0.1) is 0 Å². The summed E-state index contributed by atoms with van der Waals surface area (Å²) in [5, 5.41) is 6.02. The number of benzene rings is 2. The molecule has 2 rings (SSSR count). The van der Waals surface area contributed by atoms with Crippen molar-refractivity contribution in [3.05, 3.63) is 59.7 Å². The molecular weight excluding hydrogens is 306 g/mol. The van der Waals surface area contributed by atoms with Crippen molar-refractivity contribution in [3.63, 3.8) is 0 Å². The van der Waals surface area contributed by atoms with Crippen molar-refractivity contribution in [1.29, 1.82) is 0 Å². The molecule has 116 valence electrons. The molecule has 6 heteroatoms. The van der Waals surface area contributed by atoms with E-state index in [2.05, 4.69) is 10.6 Å². The highest BCUT2D eigenvalue weighted by Gasteiger charge is 2.11. The van der Waals surface area contributed by atoms with Gasteiger partial charge in [0.05, 0.1) is 18.8 Å². The van der Waals surface area contributed by atoms with Crippen molar-refractivity contribution in [1.82, 2.24) is 5.32 Å². The van der Waals surface area contributed by atoms with Crippen LogP contribution in [-0.2, 0) is 0 Å². The van der Waals surface area contributed by atoms with Gasteiger partial charge in [0.2, 0.25) is 0 Å². The fourth-order valence-electron chi connectivity index (χ4n) is 1.95. The number of hydrogen-bond acceptors (Lipinski definition) is 2. The maximum atomic E-state index is 13.7. The summed E-state index contributed by atoms with van der Waals surface area (Å²) >= 11 is 5.15. The summed E-state index contributed by atoms with van der Waals surface area (Å²) < 4.78 is 32.1. The van der Waals surface area contributed by atoms with Crippen molar-refractivity contribution >= 4 is 23.0 Å². The van der Waals surface area contributed by atoms with Crippen LogP contribution in [-0.4, -0.2) is 12.2 Å². The summed E-state index contributed by atoms with van der Waals surface area (Å²) in [5.41, 5.74) is 0.990. The summed E-state index contributed by atoms with van der Waals surface area (Å²) in [5.74, 6) is -0.653. The van der Waals surface area contributed by atoms with Crippen LogP contribution in [0.2, 0.25) is 0 Å². The molecule has 0 saturated heterocycles. The van der Waals surface area contributed by atoms with Gasteiger partial charge in [-0.3, -0.25) is 0 Å². The predicted molar refractivity (Wildman–Crippen MR) is 87.1 cm³/mol. The summed E-state index contributed by atoms with van der Waals surface area (Å²) in [6.07, 6.45) is 0. The van der Waals surface area contributed by atoms with E-state index in [4.69, 9.17) is 17.0 Å². The van der Waals surface area contributed by atoms with E-state index < -0.39 is 11.6 Å². The van der Waals surface area contributed by atoms with Crippen LogP contribution < -0.4 is 15.4 Å². The number of methoxy groups -OCH3 is 1. The van der Waals surface area contributed by atoms with Crippen LogP contribution in [0.25, 0.3) is 0 Å². The molecule has 2 aromatic rings. The van der Waals surface area contributed by atoms with Crippen LogP contribution in [0.5, 0.6) is 5.75 Å². The fourth-order valence-corrected chi connectivity index (χ4v) is 2.24. The van der Waals surface area contributed by atoms with Crippen LogP contribution in [0.4, 0.5) is 14.5 Å². The molecule has 0 aromatic heterocycles. The Labute approximate surface area is 133 Å². The third kappa shape index (κ3) is 3.92. The van der Waals surface area contributed by atoms with E-state index in [1.165, 1.54) is 19.2 Å². The summed E-state index contributed by atoms with van der Waals surface area (Å²) in [6.45, 7) is 1.83. The first-order valence-electron chi connectivity index (χ1n) is 6.66. The molecule has 0 fully saturated rings. The Bertz CT molecular complexity index is 679. The molecule has 0 spiro atoms. The van der Waals surface area contributed by atoms with E-state index in [9.17, 15) is 8.78 Å². The van der Waals surface area contributed by atoms with Crippen molar-refractivity contribution in [2.45, 2.75) is 13.0 Å². The van der Waals surface area contributed by atoms with E-state index in [0.29, 0.717) is 5.56 Å². The number of para-hydroxylation sites is 1. The van der Waals surface area contributed by atoms with Gasteiger partial charge in [-0.25, -0.2) is 8.78 Å². The van der Waals surface area contributed by atoms with Gasteiger partial charge in [-0.2, -0.15) is 0 Å². The average Bonchev–Trinajstić information content (AvgIpc) is 2.49. The number of thiocarbonyl (C=S) groups is 1. The summed E-state index contributed by atoms with van der Waals surface area (Å²) in [6, 6.07) is 10.7. The largest absolute Gasteiger partial charge is 0.494 e. The molecule has 0 heterocycles. The molecule has 0 radical (unpaired) electrons. The Morgan fingerprint density at radius 3 is 2.50 bits per heavy atom. The van der Waals surface area contributed by atoms with E-state index in [-0.39, 0.29) is 22.6 Å². The summed E-state index contributed by atoms with van der Waals surface area (Å²) in [7, 11) is 1.41. The first-order chi connectivity index (χ1) is 10.5. The fraction of sp³-hybridized carbons (Fsp3) is 0.188.